The summed E-state index contributed by atoms with van der Waals surface area (Å²) < 4.78 is 0. The minimum absolute atomic E-state index is 0.0334. The van der Waals surface area contributed by atoms with Crippen LogP contribution in [0.2, 0.25) is 0 Å². The molecular formula is C14H14N2O. The summed E-state index contributed by atoms with van der Waals surface area (Å²) in [4.78, 5) is 20.2. The Morgan fingerprint density at radius 3 is 2.71 bits per heavy atom. The van der Waals surface area contributed by atoms with Crippen LogP contribution < -0.4 is 0 Å². The molecule has 1 aromatic carbocycles. The van der Waals surface area contributed by atoms with Crippen LogP contribution in [0.4, 0.5) is 0 Å². The minimum atomic E-state index is 0.0334. The molecule has 17 heavy (non-hydrogen) atoms. The summed E-state index contributed by atoms with van der Waals surface area (Å²) in [6.45, 7) is 3.60. The predicted molar refractivity (Wildman–Crippen MR) is 66.9 cm³/mol. The van der Waals surface area contributed by atoms with Crippen molar-refractivity contribution in [2.75, 3.05) is 0 Å². The van der Waals surface area contributed by atoms with Crippen LogP contribution in [0.15, 0.2) is 36.5 Å². The number of hydrogen-bond acceptors (Lipinski definition) is 3. The summed E-state index contributed by atoms with van der Waals surface area (Å²) in [5.74, 6) is 0.654. The molecule has 0 saturated heterocycles. The first kappa shape index (κ1) is 11.5. The van der Waals surface area contributed by atoms with Gasteiger partial charge >= 0.3 is 0 Å². The molecule has 0 unspecified atom stereocenters. The first-order valence-electron chi connectivity index (χ1n) is 5.64. The number of aromatic nitrogens is 2. The Labute approximate surface area is 101 Å². The highest BCUT2D eigenvalue weighted by atomic mass is 16.1. The van der Waals surface area contributed by atoms with Gasteiger partial charge in [0.05, 0.1) is 0 Å². The molecule has 0 amide bonds. The molecule has 2 rings (SSSR count). The first-order valence-corrected chi connectivity index (χ1v) is 5.64. The molecule has 3 heteroatoms. The van der Waals surface area contributed by atoms with Crippen molar-refractivity contribution >= 4 is 5.78 Å². The Morgan fingerprint density at radius 1 is 1.24 bits per heavy atom. The third-order valence-corrected chi connectivity index (χ3v) is 2.62. The number of Topliss-reactive ketones (excluding diaryl/α,β-unsaturated/α-hetero) is 1. The van der Waals surface area contributed by atoms with Crippen molar-refractivity contribution < 1.29 is 4.79 Å². The van der Waals surface area contributed by atoms with E-state index in [-0.39, 0.29) is 5.78 Å². The third kappa shape index (κ3) is 2.38. The van der Waals surface area contributed by atoms with E-state index in [1.165, 1.54) is 0 Å². The van der Waals surface area contributed by atoms with Crippen LogP contribution in [-0.2, 0) is 6.42 Å². The van der Waals surface area contributed by atoms with Crippen molar-refractivity contribution in [3.63, 3.8) is 0 Å². The first-order chi connectivity index (χ1) is 8.22. The fourth-order valence-electron chi connectivity index (χ4n) is 1.71. The summed E-state index contributed by atoms with van der Waals surface area (Å²) in [7, 11) is 0. The van der Waals surface area contributed by atoms with Gasteiger partial charge in [-0.2, -0.15) is 0 Å². The van der Waals surface area contributed by atoms with Gasteiger partial charge in [0.25, 0.3) is 0 Å². The van der Waals surface area contributed by atoms with Gasteiger partial charge in [-0.05, 0) is 19.4 Å². The predicted octanol–water partition coefficient (Wildman–Crippen LogP) is 2.91. The van der Waals surface area contributed by atoms with Crippen molar-refractivity contribution in [2.24, 2.45) is 0 Å². The average molecular weight is 226 g/mol. The maximum atomic E-state index is 11.5. The van der Waals surface area contributed by atoms with Crippen molar-refractivity contribution in [1.82, 2.24) is 9.97 Å². The van der Waals surface area contributed by atoms with Gasteiger partial charge in [0, 0.05) is 23.0 Å². The van der Waals surface area contributed by atoms with Crippen LogP contribution in [0, 0.1) is 0 Å². The van der Waals surface area contributed by atoms with E-state index in [1.54, 1.807) is 19.2 Å². The number of benzene rings is 1. The number of aryl methyl sites for hydroxylation is 1. The minimum Gasteiger partial charge on any atom is -0.294 e. The standard InChI is InChI=1S/C14H14N2O/c1-3-11-8-9-15-14(16-11)13-7-5-4-6-12(13)10(2)17/h4-9H,3H2,1-2H3. The Kier molecular flexibility index (Phi) is 3.28. The quantitative estimate of drug-likeness (QED) is 0.756. The molecular weight excluding hydrogens is 212 g/mol. The van der Waals surface area contributed by atoms with Crippen LogP contribution >= 0.6 is 0 Å². The molecule has 0 N–H and O–H groups in total. The monoisotopic (exact) mass is 226 g/mol. The third-order valence-electron chi connectivity index (χ3n) is 2.62. The molecule has 86 valence electrons. The lowest BCUT2D eigenvalue weighted by Crippen LogP contribution is -2.00. The van der Waals surface area contributed by atoms with Gasteiger partial charge in [-0.3, -0.25) is 4.79 Å². The lowest BCUT2D eigenvalue weighted by molar-refractivity contribution is 0.101. The summed E-state index contributed by atoms with van der Waals surface area (Å²) in [5, 5.41) is 0. The van der Waals surface area contributed by atoms with E-state index in [0.29, 0.717) is 11.4 Å². The second-order valence-corrected chi connectivity index (χ2v) is 3.83. The smallest absolute Gasteiger partial charge is 0.160 e. The van der Waals surface area contributed by atoms with E-state index in [1.807, 2.05) is 31.2 Å². The van der Waals surface area contributed by atoms with Crippen LogP contribution in [0.25, 0.3) is 11.4 Å². The van der Waals surface area contributed by atoms with Gasteiger partial charge in [-0.25, -0.2) is 9.97 Å². The van der Waals surface area contributed by atoms with Gasteiger partial charge in [-0.15, -0.1) is 0 Å². The molecule has 1 aromatic heterocycles. The number of hydrogen-bond donors (Lipinski definition) is 0. The van der Waals surface area contributed by atoms with E-state index >= 15 is 0 Å². The molecule has 3 nitrogen and oxygen atoms in total. The van der Waals surface area contributed by atoms with Crippen LogP contribution in [0.5, 0.6) is 0 Å². The van der Waals surface area contributed by atoms with Gasteiger partial charge in [0.15, 0.2) is 11.6 Å². The summed E-state index contributed by atoms with van der Waals surface area (Å²) in [6, 6.07) is 9.32. The molecule has 0 aliphatic heterocycles. The van der Waals surface area contributed by atoms with Gasteiger partial charge < -0.3 is 0 Å². The van der Waals surface area contributed by atoms with Crippen LogP contribution in [0.3, 0.4) is 0 Å². The molecule has 1 heterocycles. The fraction of sp³-hybridized carbons (Fsp3) is 0.214. The molecule has 0 bridgehead atoms. The zero-order chi connectivity index (χ0) is 12.3. The molecule has 0 atom stereocenters. The van der Waals surface area contributed by atoms with E-state index in [2.05, 4.69) is 9.97 Å². The van der Waals surface area contributed by atoms with Crippen molar-refractivity contribution in [3.05, 3.63) is 47.8 Å². The second-order valence-electron chi connectivity index (χ2n) is 3.83. The van der Waals surface area contributed by atoms with E-state index in [4.69, 9.17) is 0 Å². The second kappa shape index (κ2) is 4.87. The van der Waals surface area contributed by atoms with E-state index in [9.17, 15) is 4.79 Å². The Morgan fingerprint density at radius 2 is 2.00 bits per heavy atom. The molecule has 0 aliphatic rings. The lowest BCUT2D eigenvalue weighted by atomic mass is 10.0. The topological polar surface area (TPSA) is 42.9 Å². The number of carbonyl (C=O) groups is 1. The number of rotatable bonds is 3. The molecule has 0 spiro atoms. The van der Waals surface area contributed by atoms with Crippen LogP contribution in [-0.4, -0.2) is 15.8 Å². The maximum absolute atomic E-state index is 11.5. The Hall–Kier alpha value is -2.03. The van der Waals surface area contributed by atoms with Gasteiger partial charge in [0.2, 0.25) is 0 Å². The lowest BCUT2D eigenvalue weighted by Gasteiger charge is -2.06. The largest absolute Gasteiger partial charge is 0.294 e. The highest BCUT2D eigenvalue weighted by Gasteiger charge is 2.10. The number of nitrogens with zero attached hydrogens (tertiary/aromatic N) is 2. The van der Waals surface area contributed by atoms with Gasteiger partial charge in [0.1, 0.15) is 0 Å². The zero-order valence-electron chi connectivity index (χ0n) is 9.97. The molecule has 0 saturated carbocycles. The highest BCUT2D eigenvalue weighted by Crippen LogP contribution is 2.20. The van der Waals surface area contributed by atoms with E-state index in [0.717, 1.165) is 17.7 Å². The normalized spacial score (nSPS) is 10.2. The maximum Gasteiger partial charge on any atom is 0.160 e. The summed E-state index contributed by atoms with van der Waals surface area (Å²) >= 11 is 0. The summed E-state index contributed by atoms with van der Waals surface area (Å²) in [5.41, 5.74) is 2.45. The SMILES string of the molecule is CCc1ccnc(-c2ccccc2C(C)=O)n1. The van der Waals surface area contributed by atoms with E-state index < -0.39 is 0 Å². The highest BCUT2D eigenvalue weighted by molar-refractivity contribution is 5.99. The van der Waals surface area contributed by atoms with Gasteiger partial charge in [-0.1, -0.05) is 31.2 Å². The number of carbonyl (C=O) groups excluding carboxylic acids is 1. The van der Waals surface area contributed by atoms with Crippen molar-refractivity contribution in [3.8, 4) is 11.4 Å². The molecule has 2 aromatic rings. The fourth-order valence-corrected chi connectivity index (χ4v) is 1.71. The average Bonchev–Trinajstić information content (AvgIpc) is 2.39. The zero-order valence-corrected chi connectivity index (χ0v) is 9.97. The molecule has 0 fully saturated rings. The Bertz CT molecular complexity index is 549. The van der Waals surface area contributed by atoms with Crippen LogP contribution in [0.1, 0.15) is 29.9 Å². The Balaban J connectivity index is 2.56. The van der Waals surface area contributed by atoms with Crippen molar-refractivity contribution in [1.29, 1.82) is 0 Å². The number of ketones is 1. The summed E-state index contributed by atoms with van der Waals surface area (Å²) in [6.07, 6.45) is 2.59. The molecule has 0 radical (unpaired) electrons. The molecule has 0 aliphatic carbocycles. The van der Waals surface area contributed by atoms with Crippen molar-refractivity contribution in [2.45, 2.75) is 20.3 Å².